The molecule has 9 heteroatoms. The summed E-state index contributed by atoms with van der Waals surface area (Å²) >= 11 is 0. The number of rotatable bonds is 4. The Morgan fingerprint density at radius 2 is 2.22 bits per heavy atom. The second-order valence-corrected chi connectivity index (χ2v) is 6.25. The molecule has 0 radical (unpaired) electrons. The van der Waals surface area contributed by atoms with Gasteiger partial charge in [-0.3, -0.25) is 9.59 Å². The third-order valence-electron chi connectivity index (χ3n) is 4.48. The number of H-pyrrole nitrogens is 1. The molecule has 0 aliphatic carbocycles. The second kappa shape index (κ2) is 8.07. The Morgan fingerprint density at radius 1 is 1.41 bits per heavy atom. The number of ether oxygens (including phenoxy) is 2. The predicted octanol–water partition coefficient (Wildman–Crippen LogP) is 1.74. The monoisotopic (exact) mass is 374 g/mol. The smallest absolute Gasteiger partial charge is 0.322 e. The summed E-state index contributed by atoms with van der Waals surface area (Å²) in [5.41, 5.74) is 0.399. The highest BCUT2D eigenvalue weighted by atomic mass is 16.5. The maximum atomic E-state index is 12.6. The van der Waals surface area contributed by atoms with Crippen LogP contribution in [-0.4, -0.2) is 53.7 Å². The number of aromatic nitrogens is 2. The molecule has 27 heavy (non-hydrogen) atoms. The third-order valence-corrected chi connectivity index (χ3v) is 4.48. The molecule has 1 aliphatic rings. The first-order valence-corrected chi connectivity index (χ1v) is 8.82. The molecule has 2 aromatic rings. The molecule has 3 heterocycles. The minimum absolute atomic E-state index is 0.0894. The number of carbonyl (C=O) groups excluding carboxylic acids is 2. The summed E-state index contributed by atoms with van der Waals surface area (Å²) in [7, 11) is 1.46. The van der Waals surface area contributed by atoms with Gasteiger partial charge in [-0.25, -0.2) is 9.78 Å². The molecule has 0 aromatic carbocycles. The van der Waals surface area contributed by atoms with Gasteiger partial charge in [-0.05, 0) is 25.8 Å². The average Bonchev–Trinajstić information content (AvgIpc) is 2.70. The van der Waals surface area contributed by atoms with Crippen molar-refractivity contribution in [1.82, 2.24) is 14.9 Å². The van der Waals surface area contributed by atoms with Crippen LogP contribution in [0.25, 0.3) is 11.0 Å². The Kier molecular flexibility index (Phi) is 5.58. The van der Waals surface area contributed by atoms with Crippen molar-refractivity contribution < 1.29 is 19.1 Å². The molecule has 144 valence electrons. The van der Waals surface area contributed by atoms with Crippen molar-refractivity contribution in [3.05, 3.63) is 28.6 Å². The van der Waals surface area contributed by atoms with E-state index >= 15 is 0 Å². The van der Waals surface area contributed by atoms with E-state index in [1.54, 1.807) is 19.1 Å². The van der Waals surface area contributed by atoms with E-state index < -0.39 is 11.5 Å². The molecule has 0 bridgehead atoms. The van der Waals surface area contributed by atoms with E-state index in [-0.39, 0.29) is 29.6 Å². The number of piperidine rings is 1. The van der Waals surface area contributed by atoms with Gasteiger partial charge in [0.1, 0.15) is 11.2 Å². The molecule has 2 N–H and O–H groups in total. The minimum atomic E-state index is -0.434. The van der Waals surface area contributed by atoms with E-state index in [0.29, 0.717) is 37.4 Å². The zero-order chi connectivity index (χ0) is 19.4. The molecule has 2 amide bonds. The fourth-order valence-corrected chi connectivity index (χ4v) is 3.09. The number of esters is 1. The summed E-state index contributed by atoms with van der Waals surface area (Å²) in [6.45, 7) is 2.84. The summed E-state index contributed by atoms with van der Waals surface area (Å²) in [4.78, 5) is 45.7. The van der Waals surface area contributed by atoms with Crippen LogP contribution in [0.4, 0.5) is 10.5 Å². The number of fused-ring (bicyclic) bond motifs is 1. The first kappa shape index (κ1) is 18.7. The van der Waals surface area contributed by atoms with Crippen LogP contribution in [0.1, 0.15) is 19.8 Å². The third kappa shape index (κ3) is 4.02. The standard InChI is InChI=1S/C18H22N4O5/c1-3-27-17(24)11-5-4-8-22(10-11)18(25)20-13-9-19-12-6-7-14(26-2)21-15(12)16(13)23/h6-7,9,11H,3-5,8,10H2,1-2H3,(H,19,23)(H,20,25). The molecular formula is C18H22N4O5. The molecule has 0 saturated carbocycles. The average molecular weight is 374 g/mol. The van der Waals surface area contributed by atoms with Gasteiger partial charge >= 0.3 is 12.0 Å². The molecule has 2 aromatic heterocycles. The Morgan fingerprint density at radius 3 is 2.96 bits per heavy atom. The number of likely N-dealkylation sites (tertiary alicyclic amines) is 1. The van der Waals surface area contributed by atoms with Crippen LogP contribution in [0.3, 0.4) is 0 Å². The summed E-state index contributed by atoms with van der Waals surface area (Å²) in [6, 6.07) is 2.89. The molecule has 1 fully saturated rings. The van der Waals surface area contributed by atoms with Gasteiger partial charge in [-0.2, -0.15) is 0 Å². The highest BCUT2D eigenvalue weighted by Gasteiger charge is 2.29. The van der Waals surface area contributed by atoms with Crippen LogP contribution in [0.5, 0.6) is 5.88 Å². The number of nitrogens with zero attached hydrogens (tertiary/aromatic N) is 2. The fraction of sp³-hybridized carbons (Fsp3) is 0.444. The second-order valence-electron chi connectivity index (χ2n) is 6.25. The molecule has 1 aliphatic heterocycles. The van der Waals surface area contributed by atoms with Crippen LogP contribution in [-0.2, 0) is 9.53 Å². The summed E-state index contributed by atoms with van der Waals surface area (Å²) < 4.78 is 10.1. The zero-order valence-corrected chi connectivity index (χ0v) is 15.3. The Labute approximate surface area is 155 Å². The van der Waals surface area contributed by atoms with Gasteiger partial charge < -0.3 is 24.7 Å². The highest BCUT2D eigenvalue weighted by Crippen LogP contribution is 2.19. The fourth-order valence-electron chi connectivity index (χ4n) is 3.09. The number of urea groups is 1. The van der Waals surface area contributed by atoms with Crippen molar-refractivity contribution in [3.8, 4) is 5.88 Å². The normalized spacial score (nSPS) is 16.8. The SMILES string of the molecule is CCOC(=O)C1CCCN(C(=O)Nc2c[nH]c3ccc(OC)nc3c2=O)C1. The largest absolute Gasteiger partial charge is 0.481 e. The van der Waals surface area contributed by atoms with E-state index in [1.807, 2.05) is 0 Å². The Balaban J connectivity index is 1.76. The Bertz CT molecular complexity index is 910. The van der Waals surface area contributed by atoms with Gasteiger partial charge in [0, 0.05) is 25.4 Å². The lowest BCUT2D eigenvalue weighted by atomic mass is 9.98. The van der Waals surface area contributed by atoms with Crippen LogP contribution in [0, 0.1) is 5.92 Å². The van der Waals surface area contributed by atoms with Gasteiger partial charge in [0.25, 0.3) is 0 Å². The van der Waals surface area contributed by atoms with Crippen molar-refractivity contribution in [2.24, 2.45) is 5.92 Å². The van der Waals surface area contributed by atoms with Crippen molar-refractivity contribution in [2.45, 2.75) is 19.8 Å². The summed E-state index contributed by atoms with van der Waals surface area (Å²) in [6.07, 6.45) is 2.82. The number of amides is 2. The van der Waals surface area contributed by atoms with Crippen LogP contribution in [0.15, 0.2) is 23.1 Å². The molecular weight excluding hydrogens is 352 g/mol. The van der Waals surface area contributed by atoms with Crippen LogP contribution >= 0.6 is 0 Å². The van der Waals surface area contributed by atoms with E-state index in [1.165, 1.54) is 18.2 Å². The number of nitrogens with one attached hydrogen (secondary N) is 2. The molecule has 9 nitrogen and oxygen atoms in total. The van der Waals surface area contributed by atoms with Crippen molar-refractivity contribution in [1.29, 1.82) is 0 Å². The number of hydrogen-bond acceptors (Lipinski definition) is 6. The lowest BCUT2D eigenvalue weighted by Crippen LogP contribution is -2.45. The number of carbonyl (C=O) groups is 2. The lowest BCUT2D eigenvalue weighted by molar-refractivity contribution is -0.149. The zero-order valence-electron chi connectivity index (χ0n) is 15.3. The van der Waals surface area contributed by atoms with Crippen LogP contribution < -0.4 is 15.5 Å². The number of anilines is 1. The topological polar surface area (TPSA) is 114 Å². The Hall–Kier alpha value is -3.10. The van der Waals surface area contributed by atoms with E-state index in [9.17, 15) is 14.4 Å². The lowest BCUT2D eigenvalue weighted by Gasteiger charge is -2.31. The number of methoxy groups -OCH3 is 1. The molecule has 0 spiro atoms. The molecule has 1 saturated heterocycles. The quantitative estimate of drug-likeness (QED) is 0.788. The van der Waals surface area contributed by atoms with Gasteiger partial charge in [-0.15, -0.1) is 0 Å². The van der Waals surface area contributed by atoms with Gasteiger partial charge in [0.2, 0.25) is 11.3 Å². The number of aromatic amines is 1. The van der Waals surface area contributed by atoms with E-state index in [2.05, 4.69) is 15.3 Å². The van der Waals surface area contributed by atoms with Crippen molar-refractivity contribution >= 4 is 28.7 Å². The van der Waals surface area contributed by atoms with E-state index in [0.717, 1.165) is 0 Å². The van der Waals surface area contributed by atoms with Crippen molar-refractivity contribution in [3.63, 3.8) is 0 Å². The summed E-state index contributed by atoms with van der Waals surface area (Å²) in [5, 5.41) is 2.61. The maximum absolute atomic E-state index is 12.6. The van der Waals surface area contributed by atoms with Gasteiger partial charge in [0.15, 0.2) is 0 Å². The molecule has 1 unspecified atom stereocenters. The van der Waals surface area contributed by atoms with Crippen LogP contribution in [0.2, 0.25) is 0 Å². The summed E-state index contributed by atoms with van der Waals surface area (Å²) in [5.74, 6) is -0.329. The first-order chi connectivity index (χ1) is 13.0. The minimum Gasteiger partial charge on any atom is -0.481 e. The van der Waals surface area contributed by atoms with Gasteiger partial charge in [0.05, 0.1) is 25.2 Å². The number of hydrogen-bond donors (Lipinski definition) is 2. The molecule has 1 atom stereocenters. The van der Waals surface area contributed by atoms with Crippen molar-refractivity contribution in [2.75, 3.05) is 32.1 Å². The number of pyridine rings is 2. The maximum Gasteiger partial charge on any atom is 0.322 e. The van der Waals surface area contributed by atoms with E-state index in [4.69, 9.17) is 9.47 Å². The predicted molar refractivity (Wildman–Crippen MR) is 98.9 cm³/mol. The molecule has 3 rings (SSSR count). The van der Waals surface area contributed by atoms with Gasteiger partial charge in [-0.1, -0.05) is 0 Å². The highest BCUT2D eigenvalue weighted by molar-refractivity contribution is 5.91. The first-order valence-electron chi connectivity index (χ1n) is 8.82.